The molecule has 0 unspecified atom stereocenters. The number of nitrogens with one attached hydrogen (secondary N) is 2. The van der Waals surface area contributed by atoms with Crippen LogP contribution in [-0.4, -0.2) is 21.0 Å². The van der Waals surface area contributed by atoms with Crippen molar-refractivity contribution in [1.29, 1.82) is 0 Å². The number of aliphatic hydroxyl groups is 1. The summed E-state index contributed by atoms with van der Waals surface area (Å²) >= 11 is 5.16. The fourth-order valence-corrected chi connectivity index (χ4v) is 2.95. The van der Waals surface area contributed by atoms with E-state index < -0.39 is 10.8 Å². The molecule has 0 aliphatic rings. The van der Waals surface area contributed by atoms with E-state index in [-0.39, 0.29) is 28.5 Å². The van der Waals surface area contributed by atoms with E-state index >= 15 is 0 Å². The standard InChI is InChI=1S/C20H17N3O5S/c1-12-16(3-2-4-17(12)23(26)27)19(25)22-20(29)21-14-7-5-13(6-8-14)18-10-9-15(11-24)28-18/h2-10,24H,11H2,1H3,(H2,21,22,25,29). The van der Waals surface area contributed by atoms with Crippen molar-refractivity contribution in [2.75, 3.05) is 5.32 Å². The lowest BCUT2D eigenvalue weighted by Gasteiger charge is -2.11. The molecule has 0 aliphatic heterocycles. The number of thiocarbonyl (C=S) groups is 1. The van der Waals surface area contributed by atoms with E-state index in [9.17, 15) is 14.9 Å². The third kappa shape index (κ3) is 4.65. The van der Waals surface area contributed by atoms with Gasteiger partial charge in [0.15, 0.2) is 5.11 Å². The van der Waals surface area contributed by atoms with Crippen LogP contribution >= 0.6 is 12.2 Å². The van der Waals surface area contributed by atoms with Crippen LogP contribution in [0.4, 0.5) is 11.4 Å². The molecule has 0 aliphatic carbocycles. The molecule has 0 radical (unpaired) electrons. The molecule has 3 rings (SSSR count). The van der Waals surface area contributed by atoms with Gasteiger partial charge in [0.1, 0.15) is 18.1 Å². The minimum absolute atomic E-state index is 0.0641. The van der Waals surface area contributed by atoms with Gasteiger partial charge >= 0.3 is 0 Å². The van der Waals surface area contributed by atoms with Crippen molar-refractivity contribution < 1.29 is 19.2 Å². The number of hydrogen-bond acceptors (Lipinski definition) is 6. The van der Waals surface area contributed by atoms with Gasteiger partial charge in [0, 0.05) is 28.4 Å². The minimum atomic E-state index is -0.535. The fourth-order valence-electron chi connectivity index (χ4n) is 2.74. The predicted molar refractivity (Wildman–Crippen MR) is 112 cm³/mol. The quantitative estimate of drug-likeness (QED) is 0.332. The lowest BCUT2D eigenvalue weighted by Crippen LogP contribution is -2.34. The molecule has 148 valence electrons. The molecule has 0 atom stereocenters. The Bertz CT molecular complexity index is 1080. The van der Waals surface area contributed by atoms with Crippen LogP contribution in [0.3, 0.4) is 0 Å². The van der Waals surface area contributed by atoms with Gasteiger partial charge in [-0.05, 0) is 61.6 Å². The smallest absolute Gasteiger partial charge is 0.273 e. The monoisotopic (exact) mass is 411 g/mol. The number of nitrogens with zero attached hydrogens (tertiary/aromatic N) is 1. The van der Waals surface area contributed by atoms with Crippen molar-refractivity contribution in [1.82, 2.24) is 5.32 Å². The van der Waals surface area contributed by atoms with Gasteiger partial charge in [0.05, 0.1) is 4.92 Å². The Hall–Kier alpha value is -3.56. The van der Waals surface area contributed by atoms with Gasteiger partial charge < -0.3 is 14.8 Å². The number of benzene rings is 2. The molecule has 3 aromatic rings. The topological polar surface area (TPSA) is 118 Å². The second-order valence-corrected chi connectivity index (χ2v) is 6.52. The largest absolute Gasteiger partial charge is 0.459 e. The van der Waals surface area contributed by atoms with Gasteiger partial charge in [0.2, 0.25) is 0 Å². The van der Waals surface area contributed by atoms with Gasteiger partial charge in [-0.15, -0.1) is 0 Å². The summed E-state index contributed by atoms with van der Waals surface area (Å²) < 4.78 is 5.48. The lowest BCUT2D eigenvalue weighted by atomic mass is 10.1. The van der Waals surface area contributed by atoms with Crippen LogP contribution in [0.5, 0.6) is 0 Å². The Balaban J connectivity index is 1.65. The molecule has 0 saturated heterocycles. The number of rotatable bonds is 5. The van der Waals surface area contributed by atoms with Crippen molar-refractivity contribution in [3.8, 4) is 11.3 Å². The molecule has 0 fully saturated rings. The van der Waals surface area contributed by atoms with Crippen molar-refractivity contribution in [3.63, 3.8) is 0 Å². The summed E-state index contributed by atoms with van der Waals surface area (Å²) in [6, 6.07) is 14.9. The maximum absolute atomic E-state index is 12.4. The van der Waals surface area contributed by atoms with Gasteiger partial charge in [-0.3, -0.25) is 20.2 Å². The van der Waals surface area contributed by atoms with Gasteiger partial charge in [-0.1, -0.05) is 6.07 Å². The molecule has 0 saturated carbocycles. The molecule has 29 heavy (non-hydrogen) atoms. The first-order chi connectivity index (χ1) is 13.9. The minimum Gasteiger partial charge on any atom is -0.459 e. The second kappa shape index (κ2) is 8.63. The summed E-state index contributed by atoms with van der Waals surface area (Å²) in [6.45, 7) is 1.34. The third-order valence-electron chi connectivity index (χ3n) is 4.22. The Labute approximate surface area is 171 Å². The van der Waals surface area contributed by atoms with Crippen LogP contribution in [0.2, 0.25) is 0 Å². The highest BCUT2D eigenvalue weighted by Gasteiger charge is 2.18. The normalized spacial score (nSPS) is 10.4. The SMILES string of the molecule is Cc1c(C(=O)NC(=S)Nc2ccc(-c3ccc(CO)o3)cc2)cccc1[N+](=O)[O-]. The average molecular weight is 411 g/mol. The molecule has 0 spiro atoms. The predicted octanol–water partition coefficient (Wildman–Crippen LogP) is 3.78. The summed E-state index contributed by atoms with van der Waals surface area (Å²) in [7, 11) is 0. The van der Waals surface area contributed by atoms with Crippen LogP contribution in [0.25, 0.3) is 11.3 Å². The molecule has 1 amide bonds. The number of hydrogen-bond donors (Lipinski definition) is 3. The third-order valence-corrected chi connectivity index (χ3v) is 4.42. The molecule has 1 aromatic heterocycles. The summed E-state index contributed by atoms with van der Waals surface area (Å²) in [5, 5.41) is 25.6. The van der Waals surface area contributed by atoms with E-state index in [1.807, 2.05) is 0 Å². The molecule has 9 heteroatoms. The molecular weight excluding hydrogens is 394 g/mol. The first kappa shape index (κ1) is 20.2. The number of nitro benzene ring substituents is 1. The van der Waals surface area contributed by atoms with Crippen molar-refractivity contribution >= 4 is 34.6 Å². The Morgan fingerprint density at radius 2 is 1.90 bits per heavy atom. The van der Waals surface area contributed by atoms with Gasteiger partial charge in [-0.2, -0.15) is 0 Å². The van der Waals surface area contributed by atoms with E-state index in [2.05, 4.69) is 10.6 Å². The highest BCUT2D eigenvalue weighted by Crippen LogP contribution is 2.24. The van der Waals surface area contributed by atoms with E-state index in [0.717, 1.165) is 5.56 Å². The van der Waals surface area contributed by atoms with Crippen molar-refractivity contribution in [2.24, 2.45) is 0 Å². The van der Waals surface area contributed by atoms with Gasteiger partial charge in [-0.25, -0.2) is 0 Å². The summed E-state index contributed by atoms with van der Waals surface area (Å²) in [6.07, 6.45) is 0. The first-order valence-electron chi connectivity index (χ1n) is 8.55. The number of amides is 1. The Morgan fingerprint density at radius 1 is 1.17 bits per heavy atom. The molecule has 0 bridgehead atoms. The van der Waals surface area contributed by atoms with Crippen LogP contribution in [-0.2, 0) is 6.61 Å². The zero-order chi connectivity index (χ0) is 21.0. The maximum Gasteiger partial charge on any atom is 0.273 e. The zero-order valence-corrected chi connectivity index (χ0v) is 16.2. The molecule has 1 heterocycles. The summed E-state index contributed by atoms with van der Waals surface area (Å²) in [4.78, 5) is 22.9. The maximum atomic E-state index is 12.4. The molecule has 2 aromatic carbocycles. The van der Waals surface area contributed by atoms with Gasteiger partial charge in [0.25, 0.3) is 11.6 Å². The number of aliphatic hydroxyl groups excluding tert-OH is 1. The van der Waals surface area contributed by atoms with E-state index in [1.165, 1.54) is 25.1 Å². The summed E-state index contributed by atoms with van der Waals surface area (Å²) in [5.74, 6) is 0.563. The van der Waals surface area contributed by atoms with Crippen molar-refractivity contribution in [2.45, 2.75) is 13.5 Å². The first-order valence-corrected chi connectivity index (χ1v) is 8.96. The summed E-state index contributed by atoms with van der Waals surface area (Å²) in [5.41, 5.74) is 1.77. The van der Waals surface area contributed by atoms with Crippen LogP contribution in [0.15, 0.2) is 59.0 Å². The van der Waals surface area contributed by atoms with Crippen LogP contribution in [0.1, 0.15) is 21.7 Å². The number of anilines is 1. The van der Waals surface area contributed by atoms with E-state index in [1.54, 1.807) is 36.4 Å². The zero-order valence-electron chi connectivity index (χ0n) is 15.3. The number of carbonyl (C=O) groups excluding carboxylic acids is 1. The van der Waals surface area contributed by atoms with E-state index in [4.69, 9.17) is 21.7 Å². The Morgan fingerprint density at radius 3 is 2.52 bits per heavy atom. The second-order valence-electron chi connectivity index (χ2n) is 6.12. The molecular formula is C20H17N3O5S. The number of furan rings is 1. The molecule has 3 N–H and O–H groups in total. The highest BCUT2D eigenvalue weighted by atomic mass is 32.1. The van der Waals surface area contributed by atoms with Crippen LogP contribution < -0.4 is 10.6 Å². The lowest BCUT2D eigenvalue weighted by molar-refractivity contribution is -0.385. The number of carbonyl (C=O) groups is 1. The van der Waals surface area contributed by atoms with E-state index in [0.29, 0.717) is 17.2 Å². The Kier molecular flexibility index (Phi) is 6.01. The average Bonchev–Trinajstić information content (AvgIpc) is 3.17. The van der Waals surface area contributed by atoms with Crippen LogP contribution in [0, 0.1) is 17.0 Å². The molecule has 8 nitrogen and oxygen atoms in total. The number of nitro groups is 1. The highest BCUT2D eigenvalue weighted by molar-refractivity contribution is 7.80. The van der Waals surface area contributed by atoms with Crippen molar-refractivity contribution in [3.05, 3.63) is 81.6 Å². The fraction of sp³-hybridized carbons (Fsp3) is 0.100.